The molecule has 1 aliphatic carbocycles. The van der Waals surface area contributed by atoms with Gasteiger partial charge in [0.25, 0.3) is 5.56 Å². The molecule has 0 spiro atoms. The van der Waals surface area contributed by atoms with E-state index in [1.54, 1.807) is 16.8 Å². The Morgan fingerprint density at radius 2 is 2.10 bits per heavy atom. The number of nitrogens with zero attached hydrogens (tertiary/aromatic N) is 3. The highest BCUT2D eigenvalue weighted by atomic mass is 16.6. The van der Waals surface area contributed by atoms with Crippen LogP contribution in [0.5, 0.6) is 0 Å². The fraction of sp³-hybridized carbons (Fsp3) is 0.0714. The Hall–Kier alpha value is -2.89. The quantitative estimate of drug-likeness (QED) is 0.529. The molecule has 0 aliphatic heterocycles. The fourth-order valence-corrected chi connectivity index (χ4v) is 2.65. The largest absolute Gasteiger partial charge is 0.399 e. The summed E-state index contributed by atoms with van der Waals surface area (Å²) < 4.78 is 1.74. The number of H-pyrrole nitrogens is 1. The monoisotopic (exact) mass is 266 g/mol. The molecule has 0 radical (unpaired) electrons. The van der Waals surface area contributed by atoms with Crippen molar-refractivity contribution in [1.29, 1.82) is 0 Å². The summed E-state index contributed by atoms with van der Waals surface area (Å²) in [5.74, 6) is 0. The van der Waals surface area contributed by atoms with E-state index in [0.29, 0.717) is 11.4 Å². The van der Waals surface area contributed by atoms with Crippen LogP contribution >= 0.6 is 0 Å². The van der Waals surface area contributed by atoms with Gasteiger partial charge in [0.2, 0.25) is 5.65 Å². The number of oxime groups is 1. The van der Waals surface area contributed by atoms with Crippen LogP contribution in [0, 0.1) is 0 Å². The second-order valence-corrected chi connectivity index (χ2v) is 4.47. The molecule has 1 aromatic carbocycles. The van der Waals surface area contributed by atoms with Crippen LogP contribution in [-0.2, 0) is 4.84 Å². The predicted molar refractivity (Wildman–Crippen MR) is 73.9 cm³/mol. The molecule has 0 saturated carbocycles. The molecule has 0 bridgehead atoms. The molecule has 1 aliphatic rings. The second kappa shape index (κ2) is 3.80. The van der Waals surface area contributed by atoms with Crippen LogP contribution < -0.4 is 5.56 Å². The first-order chi connectivity index (χ1) is 9.81. The van der Waals surface area contributed by atoms with Crippen LogP contribution in [0.4, 0.5) is 0 Å². The lowest BCUT2D eigenvalue weighted by Gasteiger charge is -2.04. The maximum Gasteiger partial charge on any atom is 0.292 e. The summed E-state index contributed by atoms with van der Waals surface area (Å²) in [5.41, 5.74) is 4.22. The summed E-state index contributed by atoms with van der Waals surface area (Å²) in [6, 6.07) is 7.76. The minimum atomic E-state index is -0.220. The lowest BCUT2D eigenvalue weighted by atomic mass is 10.1. The number of nitrogens with one attached hydrogen (secondary N) is 1. The van der Waals surface area contributed by atoms with E-state index in [9.17, 15) is 4.79 Å². The minimum Gasteiger partial charge on any atom is -0.399 e. The van der Waals surface area contributed by atoms with Crippen LogP contribution in [0.2, 0.25) is 0 Å². The Morgan fingerprint density at radius 3 is 2.90 bits per heavy atom. The summed E-state index contributed by atoms with van der Waals surface area (Å²) in [4.78, 5) is 24.0. The van der Waals surface area contributed by atoms with Crippen molar-refractivity contribution in [3.8, 4) is 11.3 Å². The summed E-state index contributed by atoms with van der Waals surface area (Å²) in [6.07, 6.45) is 3.35. The number of imidazole rings is 1. The van der Waals surface area contributed by atoms with Gasteiger partial charge in [0, 0.05) is 23.5 Å². The van der Waals surface area contributed by atoms with E-state index in [1.807, 2.05) is 24.3 Å². The van der Waals surface area contributed by atoms with E-state index in [2.05, 4.69) is 15.1 Å². The fourth-order valence-electron chi connectivity index (χ4n) is 2.65. The van der Waals surface area contributed by atoms with Gasteiger partial charge in [-0.1, -0.05) is 29.4 Å². The highest BCUT2D eigenvalue weighted by Gasteiger charge is 2.29. The molecule has 3 aromatic rings. The van der Waals surface area contributed by atoms with Gasteiger partial charge in [-0.05, 0) is 0 Å². The van der Waals surface area contributed by atoms with Crippen LogP contribution in [-0.4, -0.2) is 27.2 Å². The third-order valence-corrected chi connectivity index (χ3v) is 3.42. The van der Waals surface area contributed by atoms with Crippen molar-refractivity contribution in [2.24, 2.45) is 5.16 Å². The zero-order valence-electron chi connectivity index (χ0n) is 10.6. The van der Waals surface area contributed by atoms with Crippen LogP contribution in [0.3, 0.4) is 0 Å². The molecule has 0 unspecified atom stereocenters. The third-order valence-electron chi connectivity index (χ3n) is 3.42. The number of hydrogen-bond donors (Lipinski definition) is 1. The number of fused-ring (bicyclic) bond motifs is 5. The van der Waals surface area contributed by atoms with Crippen molar-refractivity contribution in [2.75, 3.05) is 7.11 Å². The molecule has 2 aromatic heterocycles. The number of aromatic nitrogens is 3. The van der Waals surface area contributed by atoms with Crippen molar-refractivity contribution >= 4 is 11.4 Å². The number of hydrogen-bond acceptors (Lipinski definition) is 4. The Balaban J connectivity index is 2.22. The SMILES string of the molecule is CON=C1c2ccccc2-c2[nH]c(=O)c3nccn3c21. The lowest BCUT2D eigenvalue weighted by Crippen LogP contribution is -2.15. The van der Waals surface area contributed by atoms with Crippen LogP contribution in [0.1, 0.15) is 11.3 Å². The van der Waals surface area contributed by atoms with Gasteiger partial charge >= 0.3 is 0 Å². The summed E-state index contributed by atoms with van der Waals surface area (Å²) in [5, 5.41) is 4.11. The molecular formula is C14H10N4O2. The van der Waals surface area contributed by atoms with E-state index >= 15 is 0 Å². The van der Waals surface area contributed by atoms with E-state index < -0.39 is 0 Å². The summed E-state index contributed by atoms with van der Waals surface area (Å²) in [7, 11) is 1.50. The minimum absolute atomic E-state index is 0.220. The highest BCUT2D eigenvalue weighted by Crippen LogP contribution is 2.34. The first kappa shape index (κ1) is 11.0. The van der Waals surface area contributed by atoms with Gasteiger partial charge in [-0.3, -0.25) is 9.20 Å². The number of benzene rings is 1. The average molecular weight is 266 g/mol. The molecule has 6 heteroatoms. The van der Waals surface area contributed by atoms with Gasteiger partial charge in [0.15, 0.2) is 0 Å². The van der Waals surface area contributed by atoms with Crippen molar-refractivity contribution in [3.63, 3.8) is 0 Å². The van der Waals surface area contributed by atoms with Gasteiger partial charge in [-0.15, -0.1) is 0 Å². The average Bonchev–Trinajstić information content (AvgIpc) is 3.04. The zero-order chi connectivity index (χ0) is 13.7. The van der Waals surface area contributed by atoms with Crippen LogP contribution in [0.15, 0.2) is 46.6 Å². The Morgan fingerprint density at radius 1 is 1.30 bits per heavy atom. The van der Waals surface area contributed by atoms with E-state index in [4.69, 9.17) is 4.84 Å². The van der Waals surface area contributed by atoms with Crippen molar-refractivity contribution < 1.29 is 4.84 Å². The summed E-state index contributed by atoms with van der Waals surface area (Å²) in [6.45, 7) is 0. The van der Waals surface area contributed by atoms with Gasteiger partial charge < -0.3 is 9.82 Å². The molecule has 0 fully saturated rings. The molecule has 0 saturated heterocycles. The molecule has 2 heterocycles. The maximum atomic E-state index is 12.1. The molecule has 6 nitrogen and oxygen atoms in total. The smallest absolute Gasteiger partial charge is 0.292 e. The van der Waals surface area contributed by atoms with Crippen molar-refractivity contribution in [2.45, 2.75) is 0 Å². The first-order valence-electron chi connectivity index (χ1n) is 6.12. The van der Waals surface area contributed by atoms with Crippen molar-refractivity contribution in [1.82, 2.24) is 14.4 Å². The number of aromatic amines is 1. The van der Waals surface area contributed by atoms with Crippen LogP contribution in [0.25, 0.3) is 16.9 Å². The topological polar surface area (TPSA) is 71.8 Å². The molecule has 0 amide bonds. The Labute approximate surface area is 113 Å². The van der Waals surface area contributed by atoms with Gasteiger partial charge in [-0.2, -0.15) is 0 Å². The molecule has 4 rings (SSSR count). The summed E-state index contributed by atoms with van der Waals surface area (Å²) >= 11 is 0. The van der Waals surface area contributed by atoms with E-state index in [0.717, 1.165) is 22.5 Å². The first-order valence-corrected chi connectivity index (χ1v) is 6.12. The second-order valence-electron chi connectivity index (χ2n) is 4.47. The number of rotatable bonds is 1. The standard InChI is InChI=1S/C14H10N4O2/c1-20-17-11-9-5-3-2-4-8(9)10-12(11)18-7-6-15-13(18)14(19)16-10/h2-7H,1H3,(H,16,19). The third kappa shape index (κ3) is 1.25. The highest BCUT2D eigenvalue weighted by molar-refractivity contribution is 6.22. The van der Waals surface area contributed by atoms with Gasteiger partial charge in [-0.25, -0.2) is 4.98 Å². The lowest BCUT2D eigenvalue weighted by molar-refractivity contribution is 0.214. The van der Waals surface area contributed by atoms with E-state index in [-0.39, 0.29) is 5.56 Å². The Kier molecular flexibility index (Phi) is 2.09. The van der Waals surface area contributed by atoms with Gasteiger partial charge in [0.05, 0.1) is 5.69 Å². The normalized spacial score (nSPS) is 14.6. The predicted octanol–water partition coefficient (Wildman–Crippen LogP) is 1.40. The molecule has 0 atom stereocenters. The van der Waals surface area contributed by atoms with Gasteiger partial charge in [0.1, 0.15) is 18.5 Å². The zero-order valence-corrected chi connectivity index (χ0v) is 10.6. The molecule has 98 valence electrons. The van der Waals surface area contributed by atoms with E-state index in [1.165, 1.54) is 7.11 Å². The van der Waals surface area contributed by atoms with Crippen molar-refractivity contribution in [3.05, 3.63) is 58.3 Å². The molecule has 1 N–H and O–H groups in total. The Bertz CT molecular complexity index is 920. The molecule has 20 heavy (non-hydrogen) atoms. The molecular weight excluding hydrogens is 256 g/mol. The maximum absolute atomic E-state index is 12.1.